The first-order valence-corrected chi connectivity index (χ1v) is 7.01. The van der Waals surface area contributed by atoms with Crippen LogP contribution in [0.5, 0.6) is 0 Å². The van der Waals surface area contributed by atoms with E-state index in [0.717, 1.165) is 19.3 Å². The number of rotatable bonds is 12. The van der Waals surface area contributed by atoms with E-state index in [2.05, 4.69) is 6.92 Å². The molecule has 0 radical (unpaired) electrons. The largest absolute Gasteiger partial charge is 1.00 e. The van der Waals surface area contributed by atoms with Crippen LogP contribution in [0.15, 0.2) is 0 Å². The molecule has 0 rings (SSSR count). The van der Waals surface area contributed by atoms with E-state index in [-0.39, 0.29) is 65.5 Å². The Balaban J connectivity index is -0.00000144. The maximum absolute atomic E-state index is 10.5. The smallest absolute Gasteiger partial charge is 0.549 e. The van der Waals surface area contributed by atoms with Crippen LogP contribution in [0, 0.1) is 5.92 Å². The molecule has 0 aliphatic rings. The van der Waals surface area contributed by atoms with E-state index in [0.29, 0.717) is 6.42 Å². The second-order valence-electron chi connectivity index (χ2n) is 4.81. The summed E-state index contributed by atoms with van der Waals surface area (Å²) < 4.78 is 0. The number of hydrogen-bond donors (Lipinski definition) is 0. The minimum atomic E-state index is -1.53. The number of unbranched alkanes of at least 4 members (excludes halogenated alkanes) is 8. The number of carbonyl (C=O) groups is 2. The van der Waals surface area contributed by atoms with Gasteiger partial charge < -0.3 is 19.8 Å². The molecule has 0 fully saturated rings. The molecule has 0 bridgehead atoms. The molecule has 0 unspecified atom stereocenters. The Kier molecular flexibility index (Phi) is 23.3. The third-order valence-electron chi connectivity index (χ3n) is 3.17. The van der Waals surface area contributed by atoms with E-state index in [1.54, 1.807) is 0 Å². The van der Waals surface area contributed by atoms with Crippen molar-refractivity contribution in [3.63, 3.8) is 0 Å². The van der Waals surface area contributed by atoms with Gasteiger partial charge >= 0.3 is 59.1 Å². The van der Waals surface area contributed by atoms with Crippen LogP contribution < -0.4 is 69.3 Å². The number of hydrogen-bond acceptors (Lipinski definition) is 4. The van der Waals surface area contributed by atoms with Crippen molar-refractivity contribution in [3.05, 3.63) is 0 Å². The van der Waals surface area contributed by atoms with Crippen LogP contribution in [0.2, 0.25) is 0 Å². The van der Waals surface area contributed by atoms with Crippen molar-refractivity contribution in [3.8, 4) is 0 Å². The fourth-order valence-electron chi connectivity index (χ4n) is 1.99. The Morgan fingerprint density at radius 1 is 0.750 bits per heavy atom. The third kappa shape index (κ3) is 15.3. The Hall–Kier alpha value is 0.940. The monoisotopic (exact) mass is 302 g/mol. The van der Waals surface area contributed by atoms with Crippen molar-refractivity contribution >= 4 is 11.9 Å². The van der Waals surface area contributed by atoms with Crippen LogP contribution >= 0.6 is 0 Å². The molecule has 0 heterocycles. The van der Waals surface area contributed by atoms with Crippen molar-refractivity contribution < 1.29 is 78.9 Å². The van der Waals surface area contributed by atoms with E-state index in [4.69, 9.17) is 0 Å². The van der Waals surface area contributed by atoms with Crippen LogP contribution in [-0.4, -0.2) is 11.9 Å². The number of carboxylic acid groups (broad SMARTS) is 2. The van der Waals surface area contributed by atoms with Crippen molar-refractivity contribution in [2.45, 2.75) is 71.1 Å². The van der Waals surface area contributed by atoms with Gasteiger partial charge in [0, 0.05) is 5.92 Å². The standard InChI is InChI=1S/C14H26O4.2Na/c1-2-3-4-5-6-7-8-9-10-11-12(13(15)16)14(17)18;;/h12H,2-11H2,1H3,(H,15,16)(H,17,18);;/q;2*+1/p-2. The Labute approximate surface area is 166 Å². The molecule has 0 aromatic rings. The summed E-state index contributed by atoms with van der Waals surface area (Å²) in [5.41, 5.74) is 0. The van der Waals surface area contributed by atoms with Crippen LogP contribution in [0.1, 0.15) is 71.1 Å². The SMILES string of the molecule is CCCCCCCCCCCC(C(=O)[O-])C(=O)[O-].[Na+].[Na+]. The first-order chi connectivity index (χ1) is 8.59. The minimum Gasteiger partial charge on any atom is -0.549 e. The first-order valence-electron chi connectivity index (χ1n) is 7.01. The zero-order chi connectivity index (χ0) is 13.8. The molecular weight excluding hydrogens is 278 g/mol. The van der Waals surface area contributed by atoms with Gasteiger partial charge in [-0.15, -0.1) is 0 Å². The molecule has 0 atom stereocenters. The normalized spacial score (nSPS) is 9.70. The first kappa shape index (κ1) is 25.9. The zero-order valence-corrected chi connectivity index (χ0v) is 17.3. The van der Waals surface area contributed by atoms with Gasteiger partial charge in [0.2, 0.25) is 0 Å². The molecule has 106 valence electrons. The number of carboxylic acids is 2. The molecule has 20 heavy (non-hydrogen) atoms. The number of carbonyl (C=O) groups excluding carboxylic acids is 2. The molecule has 0 spiro atoms. The molecule has 0 saturated heterocycles. The molecule has 0 saturated carbocycles. The van der Waals surface area contributed by atoms with Gasteiger partial charge in [0.25, 0.3) is 0 Å². The zero-order valence-electron chi connectivity index (χ0n) is 13.3. The number of aliphatic carboxylic acids is 2. The molecular formula is C14H24Na2O4. The summed E-state index contributed by atoms with van der Waals surface area (Å²) >= 11 is 0. The molecule has 0 aliphatic heterocycles. The van der Waals surface area contributed by atoms with Crippen LogP contribution in [-0.2, 0) is 9.59 Å². The molecule has 4 nitrogen and oxygen atoms in total. The molecule has 0 amide bonds. The van der Waals surface area contributed by atoms with Crippen molar-refractivity contribution in [2.75, 3.05) is 0 Å². The van der Waals surface area contributed by atoms with Gasteiger partial charge in [0.05, 0.1) is 11.9 Å². The Morgan fingerprint density at radius 3 is 1.45 bits per heavy atom. The third-order valence-corrected chi connectivity index (χ3v) is 3.17. The van der Waals surface area contributed by atoms with Crippen molar-refractivity contribution in [2.24, 2.45) is 5.92 Å². The van der Waals surface area contributed by atoms with Gasteiger partial charge in [0.1, 0.15) is 0 Å². The van der Waals surface area contributed by atoms with Gasteiger partial charge in [-0.05, 0) is 6.42 Å². The second kappa shape index (κ2) is 18.0. The molecule has 6 heteroatoms. The average Bonchev–Trinajstić information content (AvgIpc) is 2.30. The quantitative estimate of drug-likeness (QED) is 0.205. The fraction of sp³-hybridized carbons (Fsp3) is 0.857. The van der Waals surface area contributed by atoms with E-state index >= 15 is 0 Å². The minimum absolute atomic E-state index is 0. The topological polar surface area (TPSA) is 80.3 Å². The molecule has 0 aromatic heterocycles. The van der Waals surface area contributed by atoms with Crippen LogP contribution in [0.3, 0.4) is 0 Å². The summed E-state index contributed by atoms with van der Waals surface area (Å²) in [6, 6.07) is 0. The summed E-state index contributed by atoms with van der Waals surface area (Å²) in [6.45, 7) is 2.19. The van der Waals surface area contributed by atoms with Crippen molar-refractivity contribution in [1.82, 2.24) is 0 Å². The van der Waals surface area contributed by atoms with Crippen LogP contribution in [0.25, 0.3) is 0 Å². The summed E-state index contributed by atoms with van der Waals surface area (Å²) in [4.78, 5) is 21.0. The predicted molar refractivity (Wildman–Crippen MR) is 65.3 cm³/mol. The Bertz CT molecular complexity index is 233. The average molecular weight is 302 g/mol. The maximum Gasteiger partial charge on any atom is 1.00 e. The van der Waals surface area contributed by atoms with Gasteiger partial charge in [-0.25, -0.2) is 0 Å². The fourth-order valence-corrected chi connectivity index (χ4v) is 1.99. The summed E-state index contributed by atoms with van der Waals surface area (Å²) in [5, 5.41) is 21.0. The predicted octanol–water partition coefficient (Wildman–Crippen LogP) is -4.97. The van der Waals surface area contributed by atoms with Gasteiger partial charge in [-0.2, -0.15) is 0 Å². The van der Waals surface area contributed by atoms with E-state index in [9.17, 15) is 19.8 Å². The Morgan fingerprint density at radius 2 is 1.10 bits per heavy atom. The molecule has 0 aliphatic carbocycles. The van der Waals surface area contributed by atoms with E-state index in [1.807, 2.05) is 0 Å². The van der Waals surface area contributed by atoms with Gasteiger partial charge in [-0.1, -0.05) is 64.7 Å². The van der Waals surface area contributed by atoms with Gasteiger partial charge in [-0.3, -0.25) is 0 Å². The second-order valence-corrected chi connectivity index (χ2v) is 4.81. The maximum atomic E-state index is 10.5. The molecule has 0 N–H and O–H groups in total. The van der Waals surface area contributed by atoms with E-state index < -0.39 is 17.9 Å². The van der Waals surface area contributed by atoms with Crippen LogP contribution in [0.4, 0.5) is 0 Å². The molecule has 0 aromatic carbocycles. The summed E-state index contributed by atoms with van der Waals surface area (Å²) in [6.07, 6.45) is 10.1. The van der Waals surface area contributed by atoms with Crippen molar-refractivity contribution in [1.29, 1.82) is 0 Å². The summed E-state index contributed by atoms with van der Waals surface area (Å²) in [5.74, 6) is -4.52. The summed E-state index contributed by atoms with van der Waals surface area (Å²) in [7, 11) is 0. The van der Waals surface area contributed by atoms with Gasteiger partial charge in [0.15, 0.2) is 0 Å². The van der Waals surface area contributed by atoms with E-state index in [1.165, 1.54) is 32.1 Å².